The topological polar surface area (TPSA) is 87.7 Å². The molecule has 2 atom stereocenters. The number of thioether (sulfide) groups is 1. The predicted molar refractivity (Wildman–Crippen MR) is 152 cm³/mol. The normalized spacial score (nSPS) is 13.3. The maximum absolute atomic E-state index is 14.2. The average Bonchev–Trinajstić information content (AvgIpc) is 2.79. The van der Waals surface area contributed by atoms with Crippen LogP contribution in [0.3, 0.4) is 0 Å². The lowest BCUT2D eigenvalue weighted by molar-refractivity contribution is -0.146. The first-order valence-corrected chi connectivity index (χ1v) is 13.9. The van der Waals surface area contributed by atoms with E-state index in [1.807, 2.05) is 88.5 Å². The van der Waals surface area contributed by atoms with Crippen LogP contribution >= 0.6 is 11.8 Å². The van der Waals surface area contributed by atoms with Crippen LogP contribution in [0.1, 0.15) is 65.1 Å². The molecule has 7 nitrogen and oxygen atoms in total. The summed E-state index contributed by atoms with van der Waals surface area (Å²) in [5.41, 5.74) is 0.827. The van der Waals surface area contributed by atoms with Crippen molar-refractivity contribution in [2.45, 2.75) is 78.1 Å². The number of ether oxygens (including phenoxy) is 1. The van der Waals surface area contributed by atoms with E-state index in [2.05, 4.69) is 10.6 Å². The molecular weight excluding hydrogens is 486 g/mol. The maximum atomic E-state index is 14.2. The highest BCUT2D eigenvalue weighted by Gasteiger charge is 2.41. The number of aryl methyl sites for hydroxylation is 1. The highest BCUT2D eigenvalue weighted by molar-refractivity contribution is 7.98. The molecule has 0 radical (unpaired) electrons. The fourth-order valence-corrected chi connectivity index (χ4v) is 4.39. The Balaban J connectivity index is 2.53. The molecule has 2 aromatic rings. The molecule has 0 aliphatic carbocycles. The van der Waals surface area contributed by atoms with Crippen molar-refractivity contribution in [3.8, 4) is 0 Å². The molecule has 0 saturated heterocycles. The molecule has 0 aliphatic rings. The quantitative estimate of drug-likeness (QED) is 0.421. The number of nitrogens with one attached hydrogen (secondary N) is 2. The molecule has 3 amide bonds. The number of amides is 3. The zero-order chi connectivity index (χ0) is 27.8. The standard InChI is InChI=1S/C29H41N3O4S/c1-20-14-12-13-17-22(20)30-25(33)24(21-15-10-9-11-16-21)32(28(2,3)4)26(34)23(18-19-37-8)31-27(35)36-29(5,6)7/h9-17,23-24H,18-19H2,1-8H3,(H,30,33)(H,31,35). The van der Waals surface area contributed by atoms with Crippen molar-refractivity contribution in [3.63, 3.8) is 0 Å². The van der Waals surface area contributed by atoms with Crippen molar-refractivity contribution in [3.05, 3.63) is 65.7 Å². The zero-order valence-electron chi connectivity index (χ0n) is 23.3. The molecule has 0 fully saturated rings. The van der Waals surface area contributed by atoms with Crippen molar-refractivity contribution in [1.29, 1.82) is 0 Å². The van der Waals surface area contributed by atoms with Crippen molar-refractivity contribution in [2.75, 3.05) is 17.3 Å². The van der Waals surface area contributed by atoms with Gasteiger partial charge in [0.2, 0.25) is 5.91 Å². The minimum Gasteiger partial charge on any atom is -0.444 e. The summed E-state index contributed by atoms with van der Waals surface area (Å²) in [5.74, 6) is -0.0267. The molecule has 8 heteroatoms. The summed E-state index contributed by atoms with van der Waals surface area (Å²) < 4.78 is 5.44. The van der Waals surface area contributed by atoms with Crippen molar-refractivity contribution in [1.82, 2.24) is 10.2 Å². The summed E-state index contributed by atoms with van der Waals surface area (Å²) in [6.07, 6.45) is 1.67. The number of hydrogen-bond donors (Lipinski definition) is 2. The average molecular weight is 528 g/mol. The molecule has 2 rings (SSSR count). The number of anilines is 1. The summed E-state index contributed by atoms with van der Waals surface area (Å²) in [5, 5.41) is 5.79. The number of carbonyl (C=O) groups excluding carboxylic acids is 3. The van der Waals surface area contributed by atoms with E-state index in [0.717, 1.165) is 5.56 Å². The predicted octanol–water partition coefficient (Wildman–Crippen LogP) is 5.95. The van der Waals surface area contributed by atoms with Crippen LogP contribution < -0.4 is 10.6 Å². The first kappa shape index (κ1) is 30.2. The number of benzene rings is 2. The summed E-state index contributed by atoms with van der Waals surface area (Å²) in [6.45, 7) is 12.9. The second kappa shape index (κ2) is 13.0. The minimum atomic E-state index is -0.925. The highest BCUT2D eigenvalue weighted by Crippen LogP contribution is 2.31. The van der Waals surface area contributed by atoms with E-state index in [0.29, 0.717) is 23.4 Å². The summed E-state index contributed by atoms with van der Waals surface area (Å²) in [4.78, 5) is 42.3. The molecule has 2 aromatic carbocycles. The fourth-order valence-electron chi connectivity index (χ4n) is 3.92. The Kier molecular flexibility index (Phi) is 10.6. The Morgan fingerprint density at radius 1 is 0.946 bits per heavy atom. The monoisotopic (exact) mass is 527 g/mol. The molecule has 0 aliphatic heterocycles. The number of hydrogen-bond acceptors (Lipinski definition) is 5. The van der Waals surface area contributed by atoms with Gasteiger partial charge in [0.05, 0.1) is 0 Å². The smallest absolute Gasteiger partial charge is 0.408 e. The number of nitrogens with zero attached hydrogens (tertiary/aromatic N) is 1. The lowest BCUT2D eigenvalue weighted by Gasteiger charge is -2.43. The zero-order valence-corrected chi connectivity index (χ0v) is 24.1. The van der Waals surface area contributed by atoms with Crippen LogP contribution in [0.25, 0.3) is 0 Å². The first-order valence-electron chi connectivity index (χ1n) is 12.5. The van der Waals surface area contributed by atoms with Gasteiger partial charge in [0, 0.05) is 11.2 Å². The van der Waals surface area contributed by atoms with Crippen LogP contribution in [0, 0.1) is 6.92 Å². The van der Waals surface area contributed by atoms with Gasteiger partial charge in [0.25, 0.3) is 5.91 Å². The fraction of sp³-hybridized carbons (Fsp3) is 0.483. The Labute approximate surface area is 225 Å². The second-order valence-electron chi connectivity index (χ2n) is 11.0. The van der Waals surface area contributed by atoms with Crippen LogP contribution in [-0.2, 0) is 14.3 Å². The Hall–Kier alpha value is -3.00. The van der Waals surface area contributed by atoms with Crippen molar-refractivity contribution < 1.29 is 19.1 Å². The van der Waals surface area contributed by atoms with Crippen molar-refractivity contribution in [2.24, 2.45) is 0 Å². The van der Waals surface area contributed by atoms with Gasteiger partial charge in [0.15, 0.2) is 0 Å². The first-order chi connectivity index (χ1) is 17.2. The molecule has 0 spiro atoms. The second-order valence-corrected chi connectivity index (χ2v) is 12.0. The molecule has 0 saturated carbocycles. The van der Waals surface area contributed by atoms with Gasteiger partial charge >= 0.3 is 6.09 Å². The largest absolute Gasteiger partial charge is 0.444 e. The van der Waals surface area contributed by atoms with E-state index in [-0.39, 0.29) is 11.8 Å². The van der Waals surface area contributed by atoms with Gasteiger partial charge in [-0.3, -0.25) is 9.59 Å². The summed E-state index contributed by atoms with van der Waals surface area (Å²) in [6, 6.07) is 15.0. The minimum absolute atomic E-state index is 0.329. The van der Waals surface area contributed by atoms with Crippen LogP contribution in [0.2, 0.25) is 0 Å². The molecule has 37 heavy (non-hydrogen) atoms. The molecule has 2 unspecified atom stereocenters. The third-order valence-electron chi connectivity index (χ3n) is 5.58. The maximum Gasteiger partial charge on any atom is 0.408 e. The number of para-hydroxylation sites is 1. The Morgan fingerprint density at radius 2 is 1.54 bits per heavy atom. The lowest BCUT2D eigenvalue weighted by atomic mass is 9.95. The van der Waals surface area contributed by atoms with Gasteiger partial charge in [-0.15, -0.1) is 0 Å². The van der Waals surface area contributed by atoms with Gasteiger partial charge in [-0.2, -0.15) is 11.8 Å². The van der Waals surface area contributed by atoms with E-state index in [1.54, 1.807) is 37.4 Å². The Bertz CT molecular complexity index is 1060. The SMILES string of the molecule is CSCCC(NC(=O)OC(C)(C)C)C(=O)N(C(C(=O)Nc1ccccc1C)c1ccccc1)C(C)(C)C. The molecule has 0 heterocycles. The lowest BCUT2D eigenvalue weighted by Crippen LogP contribution is -2.58. The summed E-state index contributed by atoms with van der Waals surface area (Å²) in [7, 11) is 0. The van der Waals surface area contributed by atoms with E-state index in [9.17, 15) is 14.4 Å². The van der Waals surface area contributed by atoms with Crippen LogP contribution in [0.15, 0.2) is 54.6 Å². The third-order valence-corrected chi connectivity index (χ3v) is 6.23. The van der Waals surface area contributed by atoms with Crippen LogP contribution in [0.4, 0.5) is 10.5 Å². The molecule has 0 bridgehead atoms. The number of carbonyl (C=O) groups is 3. The number of rotatable bonds is 9. The third kappa shape index (κ3) is 9.11. The van der Waals surface area contributed by atoms with Gasteiger partial charge in [-0.1, -0.05) is 48.5 Å². The van der Waals surface area contributed by atoms with E-state index < -0.39 is 29.3 Å². The van der Waals surface area contributed by atoms with E-state index in [1.165, 1.54) is 0 Å². The number of alkyl carbamates (subject to hydrolysis) is 1. The molecule has 202 valence electrons. The summed E-state index contributed by atoms with van der Waals surface area (Å²) >= 11 is 1.58. The molecular formula is C29H41N3O4S. The van der Waals surface area contributed by atoms with E-state index in [4.69, 9.17) is 4.74 Å². The molecule has 2 N–H and O–H groups in total. The van der Waals surface area contributed by atoms with Crippen LogP contribution in [-0.4, -0.2) is 52.0 Å². The van der Waals surface area contributed by atoms with Gasteiger partial charge in [-0.05, 0) is 84.1 Å². The van der Waals surface area contributed by atoms with E-state index >= 15 is 0 Å². The van der Waals surface area contributed by atoms with Gasteiger partial charge < -0.3 is 20.3 Å². The van der Waals surface area contributed by atoms with Crippen LogP contribution in [0.5, 0.6) is 0 Å². The van der Waals surface area contributed by atoms with Gasteiger partial charge in [-0.25, -0.2) is 4.79 Å². The van der Waals surface area contributed by atoms with Crippen molar-refractivity contribution >= 4 is 35.4 Å². The highest BCUT2D eigenvalue weighted by atomic mass is 32.2. The Morgan fingerprint density at radius 3 is 2.08 bits per heavy atom. The van der Waals surface area contributed by atoms with Gasteiger partial charge in [0.1, 0.15) is 17.7 Å². The molecule has 0 aromatic heterocycles.